The van der Waals surface area contributed by atoms with Crippen molar-refractivity contribution in [1.29, 1.82) is 0 Å². The smallest absolute Gasteiger partial charge is 0.407 e. The number of carbonyl (C=O) groups excluding carboxylic acids is 1. The van der Waals surface area contributed by atoms with Crippen molar-refractivity contribution in [3.63, 3.8) is 0 Å². The standard InChI is InChI=1S/C33H36ClFN4O5/c1-33(2,3)44-32(40)39-22-8-11-24(12-9-22)43-30-16-25-27(17-29(30)41-4)36-19-37-31(25)38-23-10-13-28(26(34)15-23)42-18-20-6-5-7-21(35)14-20/h5-7,10,13-17,19,22,24H,8-9,11-12,18H2,1-4H3,(H,39,40)(H,36,37,38)/t22-,24-. The van der Waals surface area contributed by atoms with Gasteiger partial charge in [0.1, 0.15) is 35.9 Å². The number of nitrogens with zero attached hydrogens (tertiary/aromatic N) is 2. The topological polar surface area (TPSA) is 104 Å². The number of nitrogens with one attached hydrogen (secondary N) is 2. The van der Waals surface area contributed by atoms with Crippen LogP contribution in [0.5, 0.6) is 17.2 Å². The molecule has 1 fully saturated rings. The van der Waals surface area contributed by atoms with Crippen LogP contribution >= 0.6 is 11.6 Å². The van der Waals surface area contributed by atoms with Crippen LogP contribution in [-0.4, -0.2) is 40.9 Å². The molecular formula is C33H36ClFN4O5. The first-order valence-corrected chi connectivity index (χ1v) is 14.9. The average Bonchev–Trinajstić information content (AvgIpc) is 2.97. The molecule has 3 aromatic carbocycles. The summed E-state index contributed by atoms with van der Waals surface area (Å²) in [5.74, 6) is 1.88. The minimum Gasteiger partial charge on any atom is -0.493 e. The first kappa shape index (κ1) is 31.1. The highest BCUT2D eigenvalue weighted by atomic mass is 35.5. The lowest BCUT2D eigenvalue weighted by atomic mass is 9.93. The number of methoxy groups -OCH3 is 1. The summed E-state index contributed by atoms with van der Waals surface area (Å²) in [7, 11) is 1.59. The number of rotatable bonds is 9. The molecule has 0 aliphatic heterocycles. The molecule has 0 radical (unpaired) electrons. The number of benzene rings is 3. The van der Waals surface area contributed by atoms with Gasteiger partial charge in [-0.2, -0.15) is 0 Å². The lowest BCUT2D eigenvalue weighted by molar-refractivity contribution is 0.0470. The van der Waals surface area contributed by atoms with Crippen molar-refractivity contribution < 1.29 is 28.1 Å². The zero-order valence-corrected chi connectivity index (χ0v) is 25.9. The van der Waals surface area contributed by atoms with E-state index in [1.165, 1.54) is 18.5 Å². The summed E-state index contributed by atoms with van der Waals surface area (Å²) in [5, 5.41) is 7.42. The molecule has 0 saturated heterocycles. The highest BCUT2D eigenvalue weighted by molar-refractivity contribution is 6.32. The molecule has 11 heteroatoms. The normalized spacial score (nSPS) is 16.7. The Morgan fingerprint density at radius 1 is 1.00 bits per heavy atom. The van der Waals surface area contributed by atoms with Gasteiger partial charge in [0.15, 0.2) is 11.5 Å². The second kappa shape index (κ2) is 13.5. The Hall–Kier alpha value is -4.31. The van der Waals surface area contributed by atoms with E-state index in [0.717, 1.165) is 31.1 Å². The third kappa shape index (κ3) is 8.19. The molecule has 1 aliphatic rings. The van der Waals surface area contributed by atoms with Gasteiger partial charge in [0.05, 0.1) is 23.8 Å². The van der Waals surface area contributed by atoms with Crippen molar-refractivity contribution in [1.82, 2.24) is 15.3 Å². The maximum absolute atomic E-state index is 13.5. The van der Waals surface area contributed by atoms with Crippen molar-refractivity contribution in [2.45, 2.75) is 70.8 Å². The SMILES string of the molecule is COc1cc2ncnc(Nc3ccc(OCc4cccc(F)c4)c(Cl)c3)c2cc1O[C@H]1CC[C@H](NC(=O)OC(C)(C)C)CC1. The molecule has 1 aromatic heterocycles. The Labute approximate surface area is 261 Å². The molecule has 4 aromatic rings. The molecule has 2 N–H and O–H groups in total. The fraction of sp³-hybridized carbons (Fsp3) is 0.364. The van der Waals surface area contributed by atoms with Gasteiger partial charge in [-0.05, 0) is 88.4 Å². The first-order valence-electron chi connectivity index (χ1n) is 14.5. The number of hydrogen-bond acceptors (Lipinski definition) is 8. The van der Waals surface area contributed by atoms with Gasteiger partial charge in [0.2, 0.25) is 0 Å². The maximum Gasteiger partial charge on any atom is 0.407 e. The van der Waals surface area contributed by atoms with E-state index in [-0.39, 0.29) is 24.6 Å². The van der Waals surface area contributed by atoms with Crippen molar-refractivity contribution in [2.75, 3.05) is 12.4 Å². The molecule has 1 amide bonds. The molecule has 0 unspecified atom stereocenters. The third-order valence-corrected chi connectivity index (χ3v) is 7.38. The van der Waals surface area contributed by atoms with Crippen LogP contribution in [-0.2, 0) is 11.3 Å². The van der Waals surface area contributed by atoms with Crippen LogP contribution in [0.4, 0.5) is 20.7 Å². The molecule has 232 valence electrons. The monoisotopic (exact) mass is 622 g/mol. The van der Waals surface area contributed by atoms with Crippen LogP contribution in [0.25, 0.3) is 10.9 Å². The second-order valence-corrected chi connectivity index (χ2v) is 12.1. The molecule has 0 bridgehead atoms. The Balaban J connectivity index is 1.26. The summed E-state index contributed by atoms with van der Waals surface area (Å²) >= 11 is 6.51. The number of fused-ring (bicyclic) bond motifs is 1. The van der Waals surface area contributed by atoms with Crippen molar-refractivity contribution >= 4 is 40.1 Å². The van der Waals surface area contributed by atoms with Gasteiger partial charge >= 0.3 is 6.09 Å². The van der Waals surface area contributed by atoms with Crippen LogP contribution in [0.2, 0.25) is 5.02 Å². The minimum atomic E-state index is -0.538. The number of aromatic nitrogens is 2. The zero-order chi connectivity index (χ0) is 31.3. The first-order chi connectivity index (χ1) is 21.1. The van der Waals surface area contributed by atoms with Gasteiger partial charge < -0.3 is 29.6 Å². The molecule has 1 aliphatic carbocycles. The summed E-state index contributed by atoms with van der Waals surface area (Å²) in [6.07, 6.45) is 4.12. The van der Waals surface area contributed by atoms with Gasteiger partial charge in [0.25, 0.3) is 0 Å². The Kier molecular flexibility index (Phi) is 9.58. The minimum absolute atomic E-state index is 0.0392. The summed E-state index contributed by atoms with van der Waals surface area (Å²) in [5.41, 5.74) is 1.54. The maximum atomic E-state index is 13.5. The molecule has 1 heterocycles. The molecule has 1 saturated carbocycles. The van der Waals surface area contributed by atoms with Crippen molar-refractivity contribution in [2.24, 2.45) is 0 Å². The van der Waals surface area contributed by atoms with Crippen molar-refractivity contribution in [3.8, 4) is 17.2 Å². The predicted octanol–water partition coefficient (Wildman–Crippen LogP) is 7.97. The lowest BCUT2D eigenvalue weighted by Gasteiger charge is -2.30. The molecule has 0 spiro atoms. The van der Waals surface area contributed by atoms with E-state index < -0.39 is 11.7 Å². The van der Waals surface area contributed by atoms with Gasteiger partial charge in [-0.15, -0.1) is 0 Å². The van der Waals surface area contributed by atoms with Crippen LogP contribution in [0.15, 0.2) is 60.9 Å². The second-order valence-electron chi connectivity index (χ2n) is 11.7. The number of carbonyl (C=O) groups is 1. The van der Waals surface area contributed by atoms with Crippen molar-refractivity contribution in [3.05, 3.63) is 77.3 Å². The fourth-order valence-electron chi connectivity index (χ4n) is 5.01. The highest BCUT2D eigenvalue weighted by Gasteiger charge is 2.26. The summed E-state index contributed by atoms with van der Waals surface area (Å²) < 4.78 is 36.7. The van der Waals surface area contributed by atoms with Gasteiger partial charge in [-0.25, -0.2) is 19.2 Å². The molecule has 0 atom stereocenters. The summed E-state index contributed by atoms with van der Waals surface area (Å²) in [6, 6.07) is 15.3. The summed E-state index contributed by atoms with van der Waals surface area (Å²) in [6.45, 7) is 5.73. The van der Waals surface area contributed by atoms with E-state index in [1.807, 2.05) is 39.0 Å². The third-order valence-electron chi connectivity index (χ3n) is 7.09. The lowest BCUT2D eigenvalue weighted by Crippen LogP contribution is -2.42. The Morgan fingerprint density at radius 3 is 2.50 bits per heavy atom. The molecule has 5 rings (SSSR count). The van der Waals surface area contributed by atoms with Crippen LogP contribution in [0.3, 0.4) is 0 Å². The Bertz CT molecular complexity index is 1620. The number of hydrogen-bond donors (Lipinski definition) is 2. The van der Waals surface area contributed by atoms with E-state index in [1.54, 1.807) is 31.4 Å². The zero-order valence-electron chi connectivity index (χ0n) is 25.2. The number of ether oxygens (including phenoxy) is 4. The van der Waals surface area contributed by atoms with Gasteiger partial charge in [-0.3, -0.25) is 0 Å². The largest absolute Gasteiger partial charge is 0.493 e. The molecule has 44 heavy (non-hydrogen) atoms. The predicted molar refractivity (Wildman–Crippen MR) is 168 cm³/mol. The van der Waals surface area contributed by atoms with E-state index in [2.05, 4.69) is 20.6 Å². The van der Waals surface area contributed by atoms with E-state index in [0.29, 0.717) is 44.9 Å². The Morgan fingerprint density at radius 2 is 1.80 bits per heavy atom. The number of halogens is 2. The molecule has 9 nitrogen and oxygen atoms in total. The quantitative estimate of drug-likeness (QED) is 0.194. The van der Waals surface area contributed by atoms with Crippen LogP contribution in [0, 0.1) is 5.82 Å². The van der Waals surface area contributed by atoms with E-state index in [4.69, 9.17) is 30.5 Å². The van der Waals surface area contributed by atoms with E-state index >= 15 is 0 Å². The highest BCUT2D eigenvalue weighted by Crippen LogP contribution is 2.37. The molecular weight excluding hydrogens is 587 g/mol. The van der Waals surface area contributed by atoms with Gasteiger partial charge in [0, 0.05) is 23.2 Å². The van der Waals surface area contributed by atoms with E-state index in [9.17, 15) is 9.18 Å². The number of alkyl carbamates (subject to hydrolysis) is 1. The van der Waals surface area contributed by atoms with Crippen LogP contribution in [0.1, 0.15) is 52.0 Å². The fourth-order valence-corrected chi connectivity index (χ4v) is 5.25. The van der Waals surface area contributed by atoms with Crippen LogP contribution < -0.4 is 24.8 Å². The number of anilines is 2. The number of amides is 1. The van der Waals surface area contributed by atoms with Gasteiger partial charge in [-0.1, -0.05) is 23.7 Å². The average molecular weight is 623 g/mol. The summed E-state index contributed by atoms with van der Waals surface area (Å²) in [4.78, 5) is 21.1.